The lowest BCUT2D eigenvalue weighted by molar-refractivity contribution is -0.0601. The summed E-state index contributed by atoms with van der Waals surface area (Å²) in [5.74, 6) is 1.08. The molecule has 0 spiro atoms. The Morgan fingerprint density at radius 2 is 0.696 bits per heavy atom. The van der Waals surface area contributed by atoms with Gasteiger partial charge in [0.1, 0.15) is 18.3 Å². The van der Waals surface area contributed by atoms with Gasteiger partial charge < -0.3 is 58.0 Å². The molecule has 0 saturated heterocycles. The summed E-state index contributed by atoms with van der Waals surface area (Å²) in [6.07, 6.45) is 15.9. The van der Waals surface area contributed by atoms with E-state index >= 15 is 0 Å². The van der Waals surface area contributed by atoms with Gasteiger partial charge in [-0.3, -0.25) is 0 Å². The highest BCUT2D eigenvalue weighted by Gasteiger charge is 2.15. The quantitative estimate of drug-likeness (QED) is 0.0454. The molecule has 0 rings (SSSR count). The standard InChI is InChI=1S/C18H34O4.C14H26O4.C12H26O4/c1-4-7-9-11-20-14-17(6-3)15-22-18(13-19)16-21-12-10-8-5-2;1-4-7-16-10-13(6-3)11-18-14(9-15)12-17-8-5-2;1-4-11(8-14-5-2)9-16-12(7-13)10-15-6-3/h7-10,17-19H,4-6,11-16H2,1-3H3;4-5,13-15H,1-2,6-12H2,3H3;11-13H,4-10H2,1-3H3/b9-7-,10-8+;;. The fraction of sp³-hybridized carbons (Fsp3) is 0.818. The van der Waals surface area contributed by atoms with Crippen LogP contribution in [-0.4, -0.2) is 153 Å². The Hall–Kier alpha value is -1.52. The van der Waals surface area contributed by atoms with Crippen molar-refractivity contribution in [1.82, 2.24) is 0 Å². The van der Waals surface area contributed by atoms with Gasteiger partial charge in [-0.15, -0.1) is 13.2 Å². The summed E-state index contributed by atoms with van der Waals surface area (Å²) in [7, 11) is 0. The largest absolute Gasteiger partial charge is 0.394 e. The van der Waals surface area contributed by atoms with Crippen molar-refractivity contribution in [2.45, 2.75) is 98.9 Å². The van der Waals surface area contributed by atoms with E-state index in [9.17, 15) is 5.11 Å². The molecule has 0 aromatic heterocycles. The second-order valence-electron chi connectivity index (χ2n) is 13.0. The summed E-state index contributed by atoms with van der Waals surface area (Å²) >= 11 is 0. The first-order valence-corrected chi connectivity index (χ1v) is 21.0. The maximum Gasteiger partial charge on any atom is 0.104 e. The Kier molecular flexibility index (Phi) is 52.1. The molecule has 0 heterocycles. The molecule has 0 fully saturated rings. The number of aliphatic hydroxyl groups excluding tert-OH is 3. The Morgan fingerprint density at radius 1 is 0.393 bits per heavy atom. The fourth-order valence-corrected chi connectivity index (χ4v) is 4.30. The summed E-state index contributed by atoms with van der Waals surface area (Å²) in [6.45, 7) is 30.3. The maximum atomic E-state index is 9.32. The predicted octanol–water partition coefficient (Wildman–Crippen LogP) is 6.61. The van der Waals surface area contributed by atoms with Gasteiger partial charge in [0, 0.05) is 31.0 Å². The predicted molar refractivity (Wildman–Crippen MR) is 227 cm³/mol. The van der Waals surface area contributed by atoms with Crippen LogP contribution in [0.15, 0.2) is 49.6 Å². The molecule has 6 unspecified atom stereocenters. The SMILES string of the molecule is C=CCOCC(CC)COC(CO)COCC=C.CC/C=C\COCC(CC)COC(CO)COC/C=C/CC.CCOCC(CC)COC(CO)COCC. The second kappa shape index (κ2) is 49.6. The first-order valence-electron chi connectivity index (χ1n) is 21.0. The highest BCUT2D eigenvalue weighted by atomic mass is 16.6. The van der Waals surface area contributed by atoms with Crippen molar-refractivity contribution in [2.75, 3.05) is 119 Å². The van der Waals surface area contributed by atoms with Crippen LogP contribution in [0.25, 0.3) is 0 Å². The molecule has 56 heavy (non-hydrogen) atoms. The molecule has 334 valence electrons. The molecular weight excluding hydrogens is 720 g/mol. The second-order valence-corrected chi connectivity index (χ2v) is 13.0. The monoisotopic (exact) mass is 807 g/mol. The number of hydrogen-bond acceptors (Lipinski definition) is 12. The molecule has 0 aromatic rings. The van der Waals surface area contributed by atoms with Crippen molar-refractivity contribution in [2.24, 2.45) is 17.8 Å². The van der Waals surface area contributed by atoms with Crippen molar-refractivity contribution < 1.29 is 58.0 Å². The number of ether oxygens (including phenoxy) is 9. The molecule has 0 aliphatic heterocycles. The molecule has 3 N–H and O–H groups in total. The molecular formula is C44H86O12. The van der Waals surface area contributed by atoms with Gasteiger partial charge in [0.05, 0.1) is 106 Å². The normalized spacial score (nSPS) is 14.7. The summed E-state index contributed by atoms with van der Waals surface area (Å²) in [5, 5.41) is 27.6. The molecule has 0 aromatic carbocycles. The molecule has 0 bridgehead atoms. The summed E-state index contributed by atoms with van der Waals surface area (Å²) < 4.78 is 49.2. The van der Waals surface area contributed by atoms with E-state index in [2.05, 4.69) is 59.9 Å². The lowest BCUT2D eigenvalue weighted by Gasteiger charge is -2.20. The molecule has 12 heteroatoms. The highest BCUT2D eigenvalue weighted by molar-refractivity contribution is 4.80. The van der Waals surface area contributed by atoms with Crippen LogP contribution in [0.5, 0.6) is 0 Å². The highest BCUT2D eigenvalue weighted by Crippen LogP contribution is 2.09. The van der Waals surface area contributed by atoms with Crippen LogP contribution < -0.4 is 0 Å². The Balaban J connectivity index is -0.000000763. The van der Waals surface area contributed by atoms with Crippen LogP contribution in [0.3, 0.4) is 0 Å². The van der Waals surface area contributed by atoms with Crippen molar-refractivity contribution in [3.63, 3.8) is 0 Å². The van der Waals surface area contributed by atoms with Gasteiger partial charge in [0.15, 0.2) is 0 Å². The van der Waals surface area contributed by atoms with Crippen LogP contribution in [0.2, 0.25) is 0 Å². The van der Waals surface area contributed by atoms with Crippen LogP contribution in [0.1, 0.15) is 80.6 Å². The minimum Gasteiger partial charge on any atom is -0.394 e. The van der Waals surface area contributed by atoms with Crippen LogP contribution in [-0.2, 0) is 42.6 Å². The minimum atomic E-state index is -0.279. The smallest absolute Gasteiger partial charge is 0.104 e. The Morgan fingerprint density at radius 3 is 1.02 bits per heavy atom. The van der Waals surface area contributed by atoms with E-state index < -0.39 is 0 Å². The Labute approximate surface area is 342 Å². The van der Waals surface area contributed by atoms with Gasteiger partial charge in [0.25, 0.3) is 0 Å². The summed E-state index contributed by atoms with van der Waals surface area (Å²) in [6, 6.07) is 0. The van der Waals surface area contributed by atoms with E-state index in [0.29, 0.717) is 104 Å². The molecule has 6 atom stereocenters. The third-order valence-corrected chi connectivity index (χ3v) is 8.13. The van der Waals surface area contributed by atoms with E-state index in [-0.39, 0.29) is 38.1 Å². The summed E-state index contributed by atoms with van der Waals surface area (Å²) in [5.41, 5.74) is 0. The van der Waals surface area contributed by atoms with E-state index in [1.54, 1.807) is 12.2 Å². The average molecular weight is 807 g/mol. The lowest BCUT2D eigenvalue weighted by atomic mass is 10.1. The average Bonchev–Trinajstić information content (AvgIpc) is 3.22. The van der Waals surface area contributed by atoms with E-state index in [0.717, 1.165) is 45.3 Å². The van der Waals surface area contributed by atoms with Gasteiger partial charge in [-0.2, -0.15) is 0 Å². The van der Waals surface area contributed by atoms with E-state index in [4.69, 9.17) is 52.8 Å². The fourth-order valence-electron chi connectivity index (χ4n) is 4.30. The number of rotatable bonds is 39. The van der Waals surface area contributed by atoms with Crippen molar-refractivity contribution in [1.29, 1.82) is 0 Å². The molecule has 0 radical (unpaired) electrons. The topological polar surface area (TPSA) is 144 Å². The number of hydrogen-bond donors (Lipinski definition) is 3. The van der Waals surface area contributed by atoms with Crippen LogP contribution in [0.4, 0.5) is 0 Å². The first kappa shape index (κ1) is 58.8. The van der Waals surface area contributed by atoms with Crippen molar-refractivity contribution >= 4 is 0 Å². The third-order valence-electron chi connectivity index (χ3n) is 8.13. The van der Waals surface area contributed by atoms with E-state index in [1.807, 2.05) is 26.0 Å². The zero-order valence-electron chi connectivity index (χ0n) is 36.6. The molecule has 0 amide bonds. The number of allylic oxidation sites excluding steroid dienone is 2. The van der Waals surface area contributed by atoms with Gasteiger partial charge >= 0.3 is 0 Å². The van der Waals surface area contributed by atoms with Gasteiger partial charge in [-0.25, -0.2) is 0 Å². The molecule has 0 aliphatic rings. The van der Waals surface area contributed by atoms with Gasteiger partial charge in [-0.05, 0) is 46.0 Å². The molecule has 0 saturated carbocycles. The molecule has 0 aliphatic carbocycles. The zero-order valence-corrected chi connectivity index (χ0v) is 36.6. The molecule has 12 nitrogen and oxygen atoms in total. The van der Waals surface area contributed by atoms with Gasteiger partial charge in [-0.1, -0.05) is 71.1 Å². The van der Waals surface area contributed by atoms with Crippen LogP contribution >= 0.6 is 0 Å². The van der Waals surface area contributed by atoms with Crippen LogP contribution in [0, 0.1) is 17.8 Å². The first-order chi connectivity index (χ1) is 27.3. The third kappa shape index (κ3) is 42.1. The number of aliphatic hydroxyl groups is 3. The van der Waals surface area contributed by atoms with Gasteiger partial charge in [0.2, 0.25) is 0 Å². The van der Waals surface area contributed by atoms with E-state index in [1.165, 1.54) is 0 Å². The lowest BCUT2D eigenvalue weighted by Crippen LogP contribution is -2.28. The Bertz CT molecular complexity index is 762. The zero-order chi connectivity index (χ0) is 42.3. The summed E-state index contributed by atoms with van der Waals surface area (Å²) in [4.78, 5) is 0. The minimum absolute atomic E-state index is 0.00503. The van der Waals surface area contributed by atoms with Crippen molar-refractivity contribution in [3.8, 4) is 0 Å². The van der Waals surface area contributed by atoms with Crippen molar-refractivity contribution in [3.05, 3.63) is 49.6 Å². The maximum absolute atomic E-state index is 9.32.